The Morgan fingerprint density at radius 2 is 1.73 bits per heavy atom. The van der Waals surface area contributed by atoms with Crippen molar-refractivity contribution in [2.24, 2.45) is 0 Å². The molecule has 2 N–H and O–H groups in total. The number of anilines is 1. The summed E-state index contributed by atoms with van der Waals surface area (Å²) in [7, 11) is 0. The van der Waals surface area contributed by atoms with Crippen molar-refractivity contribution in [1.29, 1.82) is 0 Å². The molecule has 0 radical (unpaired) electrons. The van der Waals surface area contributed by atoms with Crippen LogP contribution < -0.4 is 5.73 Å². The maximum atomic E-state index is 5.84. The zero-order chi connectivity index (χ0) is 15.7. The summed E-state index contributed by atoms with van der Waals surface area (Å²) in [6.07, 6.45) is 0. The highest BCUT2D eigenvalue weighted by Crippen LogP contribution is 2.25. The van der Waals surface area contributed by atoms with E-state index in [1.165, 1.54) is 5.56 Å². The van der Waals surface area contributed by atoms with Crippen molar-refractivity contribution in [3.8, 4) is 17.1 Å². The number of rotatable bonds is 2. The average molecular weight is 293 g/mol. The third-order valence-electron chi connectivity index (χ3n) is 3.59. The zero-order valence-electron chi connectivity index (χ0n) is 13.0. The summed E-state index contributed by atoms with van der Waals surface area (Å²) in [5, 5.41) is 12.0. The van der Waals surface area contributed by atoms with Gasteiger partial charge < -0.3 is 5.73 Å². The minimum Gasteiger partial charge on any atom is -0.399 e. The van der Waals surface area contributed by atoms with E-state index < -0.39 is 0 Å². The van der Waals surface area contributed by atoms with Crippen molar-refractivity contribution in [2.75, 3.05) is 5.73 Å². The monoisotopic (exact) mass is 293 g/mol. The van der Waals surface area contributed by atoms with E-state index in [0.717, 1.165) is 11.3 Å². The summed E-state index contributed by atoms with van der Waals surface area (Å²) in [6.45, 7) is 6.58. The zero-order valence-corrected chi connectivity index (χ0v) is 13.0. The molecule has 0 aliphatic rings. The smallest absolute Gasteiger partial charge is 0.187 e. The lowest BCUT2D eigenvalue weighted by molar-refractivity contribution is 0.590. The van der Waals surface area contributed by atoms with E-state index in [1.807, 2.05) is 36.4 Å². The Bertz CT molecular complexity index is 781. The Labute approximate surface area is 129 Å². The fraction of sp³-hybridized carbons (Fsp3) is 0.235. The highest BCUT2D eigenvalue weighted by molar-refractivity contribution is 5.62. The standard InChI is InChI=1S/C17H19N5/c1-17(2,3)13-7-9-15(10-8-13)22-16(19-20-21-22)12-5-4-6-14(18)11-12/h4-11H,18H2,1-3H3. The maximum Gasteiger partial charge on any atom is 0.187 e. The first-order chi connectivity index (χ1) is 10.4. The van der Waals surface area contributed by atoms with Crippen LogP contribution in [0, 0.1) is 0 Å². The largest absolute Gasteiger partial charge is 0.399 e. The van der Waals surface area contributed by atoms with Gasteiger partial charge in [0.2, 0.25) is 0 Å². The molecule has 22 heavy (non-hydrogen) atoms. The van der Waals surface area contributed by atoms with Crippen LogP contribution in [0.25, 0.3) is 17.1 Å². The summed E-state index contributed by atoms with van der Waals surface area (Å²) in [5.41, 5.74) is 9.75. The minimum absolute atomic E-state index is 0.121. The Hall–Kier alpha value is -2.69. The maximum absolute atomic E-state index is 5.84. The predicted octanol–water partition coefficient (Wildman–Crippen LogP) is 3.21. The van der Waals surface area contributed by atoms with Crippen molar-refractivity contribution < 1.29 is 0 Å². The first-order valence-electron chi connectivity index (χ1n) is 7.20. The molecule has 2 aromatic carbocycles. The van der Waals surface area contributed by atoms with E-state index in [2.05, 4.69) is 48.4 Å². The minimum atomic E-state index is 0.121. The number of nitrogens with two attached hydrogens (primary N) is 1. The normalized spacial score (nSPS) is 11.6. The van der Waals surface area contributed by atoms with Crippen LogP contribution in [0.1, 0.15) is 26.3 Å². The lowest BCUT2D eigenvalue weighted by atomic mass is 9.87. The fourth-order valence-electron chi connectivity index (χ4n) is 2.32. The number of nitrogen functional groups attached to an aromatic ring is 1. The van der Waals surface area contributed by atoms with E-state index in [1.54, 1.807) is 4.68 Å². The molecule has 112 valence electrons. The molecular formula is C17H19N5. The van der Waals surface area contributed by atoms with E-state index >= 15 is 0 Å². The molecule has 0 fully saturated rings. The van der Waals surface area contributed by atoms with Crippen molar-refractivity contribution in [3.05, 3.63) is 54.1 Å². The lowest BCUT2D eigenvalue weighted by Crippen LogP contribution is -2.11. The molecule has 0 saturated heterocycles. The fourth-order valence-corrected chi connectivity index (χ4v) is 2.32. The highest BCUT2D eigenvalue weighted by Gasteiger charge is 2.15. The van der Waals surface area contributed by atoms with E-state index in [4.69, 9.17) is 5.73 Å². The summed E-state index contributed by atoms with van der Waals surface area (Å²) < 4.78 is 1.72. The second-order valence-corrected chi connectivity index (χ2v) is 6.34. The molecule has 0 aliphatic carbocycles. The van der Waals surface area contributed by atoms with Crippen LogP contribution in [0.5, 0.6) is 0 Å². The molecule has 0 unspecified atom stereocenters. The van der Waals surface area contributed by atoms with E-state index in [9.17, 15) is 0 Å². The Morgan fingerprint density at radius 1 is 1.00 bits per heavy atom. The number of aromatic nitrogens is 4. The molecule has 1 heterocycles. The Kier molecular flexibility index (Phi) is 3.41. The number of benzene rings is 2. The second-order valence-electron chi connectivity index (χ2n) is 6.34. The summed E-state index contributed by atoms with van der Waals surface area (Å²) in [6, 6.07) is 15.8. The summed E-state index contributed by atoms with van der Waals surface area (Å²) in [4.78, 5) is 0. The Morgan fingerprint density at radius 3 is 2.36 bits per heavy atom. The van der Waals surface area contributed by atoms with Crippen LogP contribution in [-0.2, 0) is 5.41 Å². The molecule has 0 bridgehead atoms. The lowest BCUT2D eigenvalue weighted by Gasteiger charge is -2.19. The van der Waals surface area contributed by atoms with E-state index in [0.29, 0.717) is 11.5 Å². The summed E-state index contributed by atoms with van der Waals surface area (Å²) >= 11 is 0. The molecule has 1 aromatic heterocycles. The number of tetrazole rings is 1. The number of hydrogen-bond donors (Lipinski definition) is 1. The van der Waals surface area contributed by atoms with E-state index in [-0.39, 0.29) is 5.41 Å². The van der Waals surface area contributed by atoms with Gasteiger partial charge in [-0.05, 0) is 45.7 Å². The van der Waals surface area contributed by atoms with Crippen LogP contribution in [0.2, 0.25) is 0 Å². The van der Waals surface area contributed by atoms with Gasteiger partial charge >= 0.3 is 0 Å². The van der Waals surface area contributed by atoms with Gasteiger partial charge in [-0.15, -0.1) is 5.10 Å². The van der Waals surface area contributed by atoms with Gasteiger partial charge in [-0.3, -0.25) is 0 Å². The van der Waals surface area contributed by atoms with Crippen molar-refractivity contribution in [2.45, 2.75) is 26.2 Å². The second kappa shape index (κ2) is 5.26. The quantitative estimate of drug-likeness (QED) is 0.737. The molecule has 0 atom stereocenters. The third kappa shape index (κ3) is 2.70. The number of nitrogens with zero attached hydrogens (tertiary/aromatic N) is 4. The third-order valence-corrected chi connectivity index (χ3v) is 3.59. The average Bonchev–Trinajstić information content (AvgIpc) is 2.96. The molecule has 0 aliphatic heterocycles. The highest BCUT2D eigenvalue weighted by atomic mass is 15.5. The molecule has 5 nitrogen and oxygen atoms in total. The topological polar surface area (TPSA) is 69.6 Å². The van der Waals surface area contributed by atoms with Gasteiger partial charge in [-0.2, -0.15) is 4.68 Å². The molecule has 3 rings (SSSR count). The van der Waals surface area contributed by atoms with Gasteiger partial charge in [0.15, 0.2) is 5.82 Å². The van der Waals surface area contributed by atoms with Crippen LogP contribution >= 0.6 is 0 Å². The van der Waals surface area contributed by atoms with Crippen LogP contribution in [-0.4, -0.2) is 20.2 Å². The Balaban J connectivity index is 2.02. The van der Waals surface area contributed by atoms with Crippen LogP contribution in [0.15, 0.2) is 48.5 Å². The van der Waals surface area contributed by atoms with Gasteiger partial charge in [-0.1, -0.05) is 45.0 Å². The van der Waals surface area contributed by atoms with Gasteiger partial charge in [0.05, 0.1) is 5.69 Å². The molecule has 3 aromatic rings. The number of hydrogen-bond acceptors (Lipinski definition) is 4. The van der Waals surface area contributed by atoms with Crippen LogP contribution in [0.4, 0.5) is 5.69 Å². The predicted molar refractivity (Wildman–Crippen MR) is 87.7 cm³/mol. The first kappa shape index (κ1) is 14.3. The summed E-state index contributed by atoms with van der Waals surface area (Å²) in [5.74, 6) is 0.677. The van der Waals surface area contributed by atoms with Crippen molar-refractivity contribution in [3.63, 3.8) is 0 Å². The SMILES string of the molecule is CC(C)(C)c1ccc(-n2nnnc2-c2cccc(N)c2)cc1. The van der Waals surface area contributed by atoms with Gasteiger partial charge in [0, 0.05) is 11.3 Å². The van der Waals surface area contributed by atoms with Crippen LogP contribution in [0.3, 0.4) is 0 Å². The van der Waals surface area contributed by atoms with Crippen molar-refractivity contribution >= 4 is 5.69 Å². The van der Waals surface area contributed by atoms with Gasteiger partial charge in [0.1, 0.15) is 0 Å². The molecule has 0 amide bonds. The van der Waals surface area contributed by atoms with Gasteiger partial charge in [-0.25, -0.2) is 0 Å². The first-order valence-corrected chi connectivity index (χ1v) is 7.20. The van der Waals surface area contributed by atoms with Crippen molar-refractivity contribution in [1.82, 2.24) is 20.2 Å². The molecule has 0 saturated carbocycles. The van der Waals surface area contributed by atoms with Gasteiger partial charge in [0.25, 0.3) is 0 Å². The molecule has 5 heteroatoms. The molecular weight excluding hydrogens is 274 g/mol. The molecule has 0 spiro atoms.